The molecule has 0 spiro atoms. The van der Waals surface area contributed by atoms with Crippen LogP contribution in [0.4, 0.5) is 8.78 Å². The van der Waals surface area contributed by atoms with Crippen LogP contribution >= 0.6 is 24.0 Å². The van der Waals surface area contributed by atoms with Crippen molar-refractivity contribution in [1.82, 2.24) is 10.6 Å². The zero-order chi connectivity index (χ0) is 18.1. The molecule has 0 bridgehead atoms. The summed E-state index contributed by atoms with van der Waals surface area (Å²) in [6, 6.07) is 5.89. The van der Waals surface area contributed by atoms with Gasteiger partial charge in [0.2, 0.25) is 0 Å². The number of aliphatic hydroxyl groups is 1. The van der Waals surface area contributed by atoms with E-state index in [4.69, 9.17) is 4.74 Å². The number of hydrogen-bond donors (Lipinski definition) is 3. The standard InChI is InChI=1S/C17H25F2N3O3.HI/c1-2-20-17(21-10-14-4-3-9-24-14)22-11-15(23)12-5-7-13(8-6-12)25-16(18)19;/h5-8,14-16,23H,2-4,9-11H2,1H3,(H2,20,21,22);1H. The first kappa shape index (κ1) is 22.8. The highest BCUT2D eigenvalue weighted by atomic mass is 127. The summed E-state index contributed by atoms with van der Waals surface area (Å²) in [6.45, 7) is 1.41. The van der Waals surface area contributed by atoms with E-state index < -0.39 is 12.7 Å². The van der Waals surface area contributed by atoms with Crippen molar-refractivity contribution >= 4 is 29.9 Å². The van der Waals surface area contributed by atoms with E-state index in [9.17, 15) is 13.9 Å². The van der Waals surface area contributed by atoms with E-state index in [2.05, 4.69) is 20.4 Å². The average molecular weight is 485 g/mol. The molecule has 0 aliphatic carbocycles. The Kier molecular flexibility index (Phi) is 10.7. The van der Waals surface area contributed by atoms with Crippen molar-refractivity contribution in [2.24, 2.45) is 4.99 Å². The highest BCUT2D eigenvalue weighted by Gasteiger charge is 2.16. The molecule has 2 atom stereocenters. The van der Waals surface area contributed by atoms with E-state index in [1.54, 1.807) is 12.1 Å². The van der Waals surface area contributed by atoms with Gasteiger partial charge in [-0.2, -0.15) is 8.78 Å². The van der Waals surface area contributed by atoms with Gasteiger partial charge in [0.1, 0.15) is 5.75 Å². The third-order valence-electron chi connectivity index (χ3n) is 3.78. The SMILES string of the molecule is CCNC(=NCC(O)c1ccc(OC(F)F)cc1)NCC1CCCO1.I. The van der Waals surface area contributed by atoms with Crippen molar-refractivity contribution in [2.75, 3.05) is 26.2 Å². The normalized spacial score (nSPS) is 18.3. The van der Waals surface area contributed by atoms with Crippen LogP contribution < -0.4 is 15.4 Å². The molecule has 9 heteroatoms. The van der Waals surface area contributed by atoms with E-state index in [0.717, 1.165) is 19.4 Å². The Hall–Kier alpha value is -1.20. The van der Waals surface area contributed by atoms with Crippen LogP contribution in [0.2, 0.25) is 0 Å². The molecule has 148 valence electrons. The second-order valence-electron chi connectivity index (χ2n) is 5.70. The zero-order valence-corrected chi connectivity index (χ0v) is 17.0. The third kappa shape index (κ3) is 8.00. The fraction of sp³-hybridized carbons (Fsp3) is 0.588. The molecule has 1 saturated heterocycles. The largest absolute Gasteiger partial charge is 0.435 e. The van der Waals surface area contributed by atoms with Crippen LogP contribution in [0.15, 0.2) is 29.3 Å². The molecule has 1 fully saturated rings. The predicted molar refractivity (Wildman–Crippen MR) is 106 cm³/mol. The number of rotatable bonds is 8. The number of ether oxygens (including phenoxy) is 2. The van der Waals surface area contributed by atoms with E-state index >= 15 is 0 Å². The number of halogens is 3. The smallest absolute Gasteiger partial charge is 0.387 e. The number of aliphatic imine (C=N–C) groups is 1. The number of aliphatic hydroxyl groups excluding tert-OH is 1. The molecular weight excluding hydrogens is 459 g/mol. The van der Waals surface area contributed by atoms with Crippen LogP contribution in [0.25, 0.3) is 0 Å². The van der Waals surface area contributed by atoms with Crippen molar-refractivity contribution in [1.29, 1.82) is 0 Å². The van der Waals surface area contributed by atoms with Gasteiger partial charge in [0.15, 0.2) is 5.96 Å². The lowest BCUT2D eigenvalue weighted by atomic mass is 10.1. The van der Waals surface area contributed by atoms with Crippen LogP contribution in [0.5, 0.6) is 5.75 Å². The van der Waals surface area contributed by atoms with Crippen LogP contribution in [-0.2, 0) is 4.74 Å². The summed E-state index contributed by atoms with van der Waals surface area (Å²) >= 11 is 0. The maximum Gasteiger partial charge on any atom is 0.387 e. The minimum Gasteiger partial charge on any atom is -0.435 e. The maximum atomic E-state index is 12.1. The predicted octanol–water partition coefficient (Wildman–Crippen LogP) is 2.67. The molecule has 1 aromatic carbocycles. The van der Waals surface area contributed by atoms with Gasteiger partial charge >= 0.3 is 6.61 Å². The average Bonchev–Trinajstić information content (AvgIpc) is 3.10. The van der Waals surface area contributed by atoms with Crippen molar-refractivity contribution in [3.05, 3.63) is 29.8 Å². The fourth-order valence-electron chi connectivity index (χ4n) is 2.51. The van der Waals surface area contributed by atoms with E-state index in [1.165, 1.54) is 12.1 Å². The van der Waals surface area contributed by atoms with Crippen LogP contribution in [0, 0.1) is 0 Å². The molecular formula is C17H26F2IN3O3. The highest BCUT2D eigenvalue weighted by Crippen LogP contribution is 2.19. The molecule has 2 unspecified atom stereocenters. The molecule has 6 nitrogen and oxygen atoms in total. The number of guanidine groups is 1. The Morgan fingerprint density at radius 2 is 2.08 bits per heavy atom. The summed E-state index contributed by atoms with van der Waals surface area (Å²) < 4.78 is 34.1. The first-order chi connectivity index (χ1) is 12.1. The molecule has 0 radical (unpaired) electrons. The van der Waals surface area contributed by atoms with Crippen molar-refractivity contribution in [3.8, 4) is 5.75 Å². The summed E-state index contributed by atoms with van der Waals surface area (Å²) in [6.07, 6.45) is 1.46. The van der Waals surface area contributed by atoms with Gasteiger partial charge in [0.05, 0.1) is 18.8 Å². The molecule has 26 heavy (non-hydrogen) atoms. The number of alkyl halides is 2. The molecule has 3 N–H and O–H groups in total. The summed E-state index contributed by atoms with van der Waals surface area (Å²) in [5.41, 5.74) is 0.584. The second-order valence-corrected chi connectivity index (χ2v) is 5.70. The molecule has 1 heterocycles. The summed E-state index contributed by atoms with van der Waals surface area (Å²) in [7, 11) is 0. The topological polar surface area (TPSA) is 75.1 Å². The number of nitrogens with one attached hydrogen (secondary N) is 2. The molecule has 2 rings (SSSR count). The van der Waals surface area contributed by atoms with Gasteiger partial charge in [0.25, 0.3) is 0 Å². The van der Waals surface area contributed by atoms with Crippen molar-refractivity contribution in [3.63, 3.8) is 0 Å². The zero-order valence-electron chi connectivity index (χ0n) is 14.7. The highest BCUT2D eigenvalue weighted by molar-refractivity contribution is 14.0. The lowest BCUT2D eigenvalue weighted by molar-refractivity contribution is -0.0498. The first-order valence-corrected chi connectivity index (χ1v) is 8.45. The molecule has 1 aromatic rings. The lowest BCUT2D eigenvalue weighted by Crippen LogP contribution is -2.41. The maximum absolute atomic E-state index is 12.1. The molecule has 1 aliphatic rings. The molecule has 0 aromatic heterocycles. The van der Waals surface area contributed by atoms with Gasteiger partial charge < -0.3 is 25.2 Å². The van der Waals surface area contributed by atoms with Gasteiger partial charge in [-0.25, -0.2) is 0 Å². The van der Waals surface area contributed by atoms with Gasteiger partial charge in [-0.05, 0) is 37.5 Å². The van der Waals surface area contributed by atoms with Gasteiger partial charge in [-0.15, -0.1) is 24.0 Å². The summed E-state index contributed by atoms with van der Waals surface area (Å²) in [5.74, 6) is 0.663. The second kappa shape index (κ2) is 12.2. The Morgan fingerprint density at radius 1 is 1.35 bits per heavy atom. The fourth-order valence-corrected chi connectivity index (χ4v) is 2.51. The monoisotopic (exact) mass is 485 g/mol. The van der Waals surface area contributed by atoms with Gasteiger partial charge in [-0.1, -0.05) is 12.1 Å². The Bertz CT molecular complexity index is 541. The molecule has 0 saturated carbocycles. The van der Waals surface area contributed by atoms with Gasteiger partial charge in [-0.3, -0.25) is 4.99 Å². The minimum absolute atomic E-state index is 0. The number of nitrogens with zero attached hydrogens (tertiary/aromatic N) is 1. The number of hydrogen-bond acceptors (Lipinski definition) is 4. The van der Waals surface area contributed by atoms with E-state index in [-0.39, 0.29) is 42.4 Å². The number of benzene rings is 1. The Morgan fingerprint density at radius 3 is 2.65 bits per heavy atom. The Balaban J connectivity index is 0.00000338. The summed E-state index contributed by atoms with van der Waals surface area (Å²) in [5, 5.41) is 16.5. The van der Waals surface area contributed by atoms with Crippen LogP contribution in [0.3, 0.4) is 0 Å². The Labute approximate surface area is 169 Å². The third-order valence-corrected chi connectivity index (χ3v) is 3.78. The quantitative estimate of drug-likeness (QED) is 0.300. The molecule has 1 aliphatic heterocycles. The van der Waals surface area contributed by atoms with Crippen LogP contribution in [0.1, 0.15) is 31.4 Å². The van der Waals surface area contributed by atoms with E-state index in [1.807, 2.05) is 6.92 Å². The summed E-state index contributed by atoms with van der Waals surface area (Å²) in [4.78, 5) is 4.36. The first-order valence-electron chi connectivity index (χ1n) is 8.45. The molecule has 0 amide bonds. The van der Waals surface area contributed by atoms with E-state index in [0.29, 0.717) is 24.6 Å². The van der Waals surface area contributed by atoms with Crippen molar-refractivity contribution < 1.29 is 23.4 Å². The van der Waals surface area contributed by atoms with Crippen molar-refractivity contribution in [2.45, 2.75) is 38.6 Å². The van der Waals surface area contributed by atoms with Crippen LogP contribution in [-0.4, -0.2) is 50.0 Å². The lowest BCUT2D eigenvalue weighted by Gasteiger charge is -2.16. The minimum atomic E-state index is -2.86. The van der Waals surface area contributed by atoms with Gasteiger partial charge in [0, 0.05) is 19.7 Å².